The smallest absolute Gasteiger partial charge is 0.390 e. The zero-order valence-electron chi connectivity index (χ0n) is 8.56. The van der Waals surface area contributed by atoms with E-state index in [-0.39, 0.29) is 16.9 Å². The summed E-state index contributed by atoms with van der Waals surface area (Å²) in [4.78, 5) is 0. The second kappa shape index (κ2) is 5.93. The minimum absolute atomic E-state index is 0.0608. The molecule has 0 aliphatic heterocycles. The van der Waals surface area contributed by atoms with E-state index in [1.54, 1.807) is 0 Å². The van der Waals surface area contributed by atoms with Gasteiger partial charge in [0.2, 0.25) is 0 Å². The predicted molar refractivity (Wildman–Crippen MR) is 64.4 cm³/mol. The third-order valence-corrected chi connectivity index (χ3v) is 3.01. The standard InChI is InChI=1S/C10H10BrClF3NO/c11-8-3-6(10(13,14)15)1-2-9(8)16-5-7(17)4-12/h1-3,7,16-17H,4-5H2. The number of anilines is 1. The average Bonchev–Trinajstić information content (AvgIpc) is 2.25. The van der Waals surface area contributed by atoms with Crippen molar-refractivity contribution in [3.8, 4) is 0 Å². The van der Waals surface area contributed by atoms with Crippen LogP contribution in [-0.4, -0.2) is 23.6 Å². The fourth-order valence-corrected chi connectivity index (χ4v) is 1.75. The molecular formula is C10H10BrClF3NO. The second-order valence-corrected chi connectivity index (χ2v) is 4.54. The second-order valence-electron chi connectivity index (χ2n) is 3.38. The van der Waals surface area contributed by atoms with E-state index in [9.17, 15) is 18.3 Å². The van der Waals surface area contributed by atoms with Gasteiger partial charge in [-0.15, -0.1) is 11.6 Å². The molecule has 1 aromatic rings. The maximum Gasteiger partial charge on any atom is 0.416 e. The molecule has 0 aliphatic carbocycles. The van der Waals surface area contributed by atoms with Gasteiger partial charge in [0.15, 0.2) is 0 Å². The van der Waals surface area contributed by atoms with E-state index in [4.69, 9.17) is 11.6 Å². The summed E-state index contributed by atoms with van der Waals surface area (Å²) in [6.07, 6.45) is -5.11. The van der Waals surface area contributed by atoms with Crippen LogP contribution >= 0.6 is 27.5 Å². The summed E-state index contributed by atoms with van der Waals surface area (Å²) in [5.41, 5.74) is -0.255. The van der Waals surface area contributed by atoms with Gasteiger partial charge in [0.25, 0.3) is 0 Å². The number of aliphatic hydroxyl groups is 1. The lowest BCUT2D eigenvalue weighted by Crippen LogP contribution is -2.21. The summed E-state index contributed by atoms with van der Waals surface area (Å²) in [5, 5.41) is 12.0. The van der Waals surface area contributed by atoms with Crippen LogP contribution in [0.3, 0.4) is 0 Å². The van der Waals surface area contributed by atoms with Crippen molar-refractivity contribution in [2.24, 2.45) is 0 Å². The van der Waals surface area contributed by atoms with Gasteiger partial charge < -0.3 is 10.4 Å². The first-order chi connectivity index (χ1) is 7.84. The summed E-state index contributed by atoms with van der Waals surface area (Å²) in [7, 11) is 0. The van der Waals surface area contributed by atoms with Gasteiger partial charge in [-0.2, -0.15) is 13.2 Å². The summed E-state index contributed by atoms with van der Waals surface area (Å²) in [6.45, 7) is 0.174. The number of aliphatic hydroxyl groups excluding tert-OH is 1. The number of hydrogen-bond donors (Lipinski definition) is 2. The molecule has 0 amide bonds. The van der Waals surface area contributed by atoms with Crippen molar-refractivity contribution in [1.29, 1.82) is 0 Å². The van der Waals surface area contributed by atoms with Gasteiger partial charge in [0.1, 0.15) is 0 Å². The Hall–Kier alpha value is -0.460. The molecule has 0 aromatic heterocycles. The highest BCUT2D eigenvalue weighted by atomic mass is 79.9. The van der Waals surface area contributed by atoms with Crippen LogP contribution in [0, 0.1) is 0 Å². The van der Waals surface area contributed by atoms with Gasteiger partial charge in [0, 0.05) is 16.7 Å². The number of halogens is 5. The SMILES string of the molecule is OC(CCl)CNc1ccc(C(F)(F)F)cc1Br. The average molecular weight is 333 g/mol. The highest BCUT2D eigenvalue weighted by Gasteiger charge is 2.30. The van der Waals surface area contributed by atoms with Gasteiger partial charge in [-0.3, -0.25) is 0 Å². The Morgan fingerprint density at radius 3 is 2.53 bits per heavy atom. The molecule has 2 N–H and O–H groups in total. The summed E-state index contributed by atoms with van der Waals surface area (Å²) >= 11 is 8.43. The summed E-state index contributed by atoms with van der Waals surface area (Å²) < 4.78 is 37.4. The molecule has 0 saturated heterocycles. The Bertz CT molecular complexity index is 386. The molecule has 1 unspecified atom stereocenters. The van der Waals surface area contributed by atoms with Crippen molar-refractivity contribution in [3.63, 3.8) is 0 Å². The number of nitrogens with one attached hydrogen (secondary N) is 1. The zero-order chi connectivity index (χ0) is 13.1. The molecule has 1 aromatic carbocycles. The molecule has 1 rings (SSSR count). The molecular weight excluding hydrogens is 322 g/mol. The molecule has 7 heteroatoms. The van der Waals surface area contributed by atoms with Gasteiger partial charge in [0.05, 0.1) is 17.5 Å². The molecule has 0 radical (unpaired) electrons. The van der Waals surface area contributed by atoms with Gasteiger partial charge in [-0.25, -0.2) is 0 Å². The lowest BCUT2D eigenvalue weighted by Gasteiger charge is -2.13. The monoisotopic (exact) mass is 331 g/mol. The highest BCUT2D eigenvalue weighted by molar-refractivity contribution is 9.10. The Balaban J connectivity index is 2.77. The Labute approximate surface area is 110 Å². The molecule has 1 atom stereocenters. The molecule has 0 bridgehead atoms. The quantitative estimate of drug-likeness (QED) is 0.828. The molecule has 0 spiro atoms. The maximum atomic E-state index is 12.4. The molecule has 0 fully saturated rings. The van der Waals surface area contributed by atoms with Gasteiger partial charge in [-0.1, -0.05) is 0 Å². The topological polar surface area (TPSA) is 32.3 Å². The molecule has 2 nitrogen and oxygen atoms in total. The zero-order valence-corrected chi connectivity index (χ0v) is 10.9. The van der Waals surface area contributed by atoms with Crippen molar-refractivity contribution in [2.75, 3.05) is 17.7 Å². The van der Waals surface area contributed by atoms with Crippen LogP contribution in [0.4, 0.5) is 18.9 Å². The highest BCUT2D eigenvalue weighted by Crippen LogP contribution is 2.33. The van der Waals surface area contributed by atoms with Crippen LogP contribution in [-0.2, 0) is 6.18 Å². The molecule has 96 valence electrons. The van der Waals surface area contributed by atoms with E-state index in [2.05, 4.69) is 21.2 Å². The predicted octanol–water partition coefficient (Wildman–Crippen LogP) is 3.48. The van der Waals surface area contributed by atoms with Crippen LogP contribution in [0.15, 0.2) is 22.7 Å². The maximum absolute atomic E-state index is 12.4. The first-order valence-electron chi connectivity index (χ1n) is 4.69. The van der Waals surface area contributed by atoms with E-state index < -0.39 is 17.8 Å². The first kappa shape index (κ1) is 14.6. The van der Waals surface area contributed by atoms with Crippen molar-refractivity contribution in [1.82, 2.24) is 0 Å². The van der Waals surface area contributed by atoms with E-state index in [1.165, 1.54) is 6.07 Å². The lowest BCUT2D eigenvalue weighted by atomic mass is 10.2. The number of benzene rings is 1. The summed E-state index contributed by atoms with van der Waals surface area (Å²) in [5.74, 6) is 0.0608. The molecule has 0 aliphatic rings. The van der Waals surface area contributed by atoms with E-state index >= 15 is 0 Å². The number of rotatable bonds is 4. The van der Waals surface area contributed by atoms with Crippen molar-refractivity contribution in [2.45, 2.75) is 12.3 Å². The van der Waals surface area contributed by atoms with E-state index in [0.717, 1.165) is 12.1 Å². The van der Waals surface area contributed by atoms with Crippen molar-refractivity contribution >= 4 is 33.2 Å². The van der Waals surface area contributed by atoms with E-state index in [1.807, 2.05) is 0 Å². The van der Waals surface area contributed by atoms with Crippen LogP contribution in [0.25, 0.3) is 0 Å². The van der Waals surface area contributed by atoms with E-state index in [0.29, 0.717) is 5.69 Å². The normalized spacial score (nSPS) is 13.5. The third kappa shape index (κ3) is 4.37. The third-order valence-electron chi connectivity index (χ3n) is 2.00. The van der Waals surface area contributed by atoms with Crippen LogP contribution < -0.4 is 5.32 Å². The van der Waals surface area contributed by atoms with Crippen LogP contribution in [0.2, 0.25) is 0 Å². The minimum Gasteiger partial charge on any atom is -0.390 e. The Morgan fingerprint density at radius 1 is 1.41 bits per heavy atom. The molecule has 17 heavy (non-hydrogen) atoms. The molecule has 0 heterocycles. The van der Waals surface area contributed by atoms with Crippen LogP contribution in [0.1, 0.15) is 5.56 Å². The van der Waals surface area contributed by atoms with Gasteiger partial charge in [-0.05, 0) is 34.1 Å². The number of alkyl halides is 4. The number of hydrogen-bond acceptors (Lipinski definition) is 2. The molecule has 0 saturated carbocycles. The Kier molecular flexibility index (Phi) is 5.09. The fourth-order valence-electron chi connectivity index (χ4n) is 1.12. The van der Waals surface area contributed by atoms with Crippen LogP contribution in [0.5, 0.6) is 0 Å². The Morgan fingerprint density at radius 2 is 2.06 bits per heavy atom. The summed E-state index contributed by atoms with van der Waals surface area (Å²) in [6, 6.07) is 3.25. The largest absolute Gasteiger partial charge is 0.416 e. The van der Waals surface area contributed by atoms with Crippen molar-refractivity contribution in [3.05, 3.63) is 28.2 Å². The van der Waals surface area contributed by atoms with Crippen molar-refractivity contribution < 1.29 is 18.3 Å². The lowest BCUT2D eigenvalue weighted by molar-refractivity contribution is -0.137. The first-order valence-corrected chi connectivity index (χ1v) is 6.02. The minimum atomic E-state index is -4.36. The fraction of sp³-hybridized carbons (Fsp3) is 0.400. The van der Waals surface area contributed by atoms with Gasteiger partial charge >= 0.3 is 6.18 Å².